The van der Waals surface area contributed by atoms with Crippen LogP contribution in [0.5, 0.6) is 0 Å². The van der Waals surface area contributed by atoms with Gasteiger partial charge in [0, 0.05) is 17.6 Å². The molecule has 0 aliphatic rings. The number of carbonyl (C=O) groups excluding carboxylic acids is 2. The summed E-state index contributed by atoms with van der Waals surface area (Å²) in [7, 11) is 0. The Kier molecular flexibility index (Phi) is 5.25. The lowest BCUT2D eigenvalue weighted by molar-refractivity contribution is -0.385. The summed E-state index contributed by atoms with van der Waals surface area (Å²) in [5, 5.41) is 15.8. The molecule has 0 fully saturated rings. The second-order valence-corrected chi connectivity index (χ2v) is 3.99. The lowest BCUT2D eigenvalue weighted by Gasteiger charge is -2.06. The first kappa shape index (κ1) is 14.9. The number of likely N-dealkylation sites (N-methyl/N-ethyl adjacent to an activating group) is 1. The van der Waals surface area contributed by atoms with Crippen LogP contribution in [0.25, 0.3) is 0 Å². The van der Waals surface area contributed by atoms with Crippen molar-refractivity contribution in [1.82, 2.24) is 10.6 Å². The van der Waals surface area contributed by atoms with Crippen molar-refractivity contribution >= 4 is 29.1 Å². The molecule has 0 heterocycles. The maximum atomic E-state index is 11.8. The number of benzene rings is 1. The second kappa shape index (κ2) is 6.69. The summed E-state index contributed by atoms with van der Waals surface area (Å²) in [5.41, 5.74) is -0.542. The van der Waals surface area contributed by atoms with Crippen molar-refractivity contribution in [2.24, 2.45) is 0 Å². The minimum atomic E-state index is -0.722. The van der Waals surface area contributed by atoms with Crippen LogP contribution in [0.4, 0.5) is 5.69 Å². The van der Waals surface area contributed by atoms with Gasteiger partial charge in [0.05, 0.1) is 11.5 Å². The van der Waals surface area contributed by atoms with Crippen molar-refractivity contribution in [2.45, 2.75) is 6.92 Å². The number of carbonyl (C=O) groups is 2. The van der Waals surface area contributed by atoms with Gasteiger partial charge in [-0.25, -0.2) is 0 Å². The molecule has 19 heavy (non-hydrogen) atoms. The fraction of sp³-hybridized carbons (Fsp3) is 0.273. The third kappa shape index (κ3) is 4.22. The van der Waals surface area contributed by atoms with E-state index < -0.39 is 10.8 Å². The van der Waals surface area contributed by atoms with E-state index in [1.165, 1.54) is 12.1 Å². The van der Waals surface area contributed by atoms with Gasteiger partial charge in [0.25, 0.3) is 11.6 Å². The van der Waals surface area contributed by atoms with Crippen LogP contribution in [0.3, 0.4) is 0 Å². The first-order valence-electron chi connectivity index (χ1n) is 5.44. The lowest BCUT2D eigenvalue weighted by Crippen LogP contribution is -2.36. The average Bonchev–Trinajstić information content (AvgIpc) is 2.35. The predicted octanol–water partition coefficient (Wildman–Crippen LogP) is 1.11. The van der Waals surface area contributed by atoms with Crippen molar-refractivity contribution in [3.8, 4) is 0 Å². The molecule has 1 rings (SSSR count). The Bertz CT molecular complexity index is 519. The van der Waals surface area contributed by atoms with Crippen molar-refractivity contribution in [3.63, 3.8) is 0 Å². The van der Waals surface area contributed by atoms with Crippen LogP contribution in [0.2, 0.25) is 5.02 Å². The summed E-state index contributed by atoms with van der Waals surface area (Å²) in [6.45, 7) is 1.92. The van der Waals surface area contributed by atoms with Gasteiger partial charge in [-0.3, -0.25) is 19.7 Å². The summed E-state index contributed by atoms with van der Waals surface area (Å²) < 4.78 is 0. The molecule has 0 aliphatic heterocycles. The third-order valence-electron chi connectivity index (χ3n) is 2.18. The molecule has 1 aromatic carbocycles. The van der Waals surface area contributed by atoms with Gasteiger partial charge in [0.1, 0.15) is 5.56 Å². The van der Waals surface area contributed by atoms with Gasteiger partial charge in [-0.2, -0.15) is 0 Å². The van der Waals surface area contributed by atoms with Crippen LogP contribution >= 0.6 is 11.6 Å². The number of nitrogens with one attached hydrogen (secondary N) is 2. The van der Waals surface area contributed by atoms with Gasteiger partial charge < -0.3 is 10.6 Å². The Morgan fingerprint density at radius 2 is 2.05 bits per heavy atom. The average molecular weight is 286 g/mol. The number of rotatable bonds is 5. The standard InChI is InChI=1S/C11H12ClN3O4/c1-2-13-10(16)6-14-11(17)8-5-7(12)3-4-9(8)15(18)19/h3-5H,2,6H2,1H3,(H,13,16)(H,14,17). The number of nitro benzene ring substituents is 1. The number of amides is 2. The van der Waals surface area contributed by atoms with E-state index >= 15 is 0 Å². The molecular formula is C11H12ClN3O4. The van der Waals surface area contributed by atoms with Gasteiger partial charge in [-0.1, -0.05) is 11.6 Å². The zero-order valence-electron chi connectivity index (χ0n) is 10.1. The van der Waals surface area contributed by atoms with Crippen molar-refractivity contribution in [3.05, 3.63) is 38.9 Å². The predicted molar refractivity (Wildman–Crippen MR) is 69.1 cm³/mol. The normalized spacial score (nSPS) is 9.79. The molecule has 0 radical (unpaired) electrons. The summed E-state index contributed by atoms with van der Waals surface area (Å²) >= 11 is 5.70. The monoisotopic (exact) mass is 285 g/mol. The molecule has 0 aliphatic carbocycles. The SMILES string of the molecule is CCNC(=O)CNC(=O)c1cc(Cl)ccc1[N+](=O)[O-]. The van der Waals surface area contributed by atoms with Gasteiger partial charge in [-0.15, -0.1) is 0 Å². The number of nitro groups is 1. The van der Waals surface area contributed by atoms with E-state index in [9.17, 15) is 19.7 Å². The molecule has 0 saturated carbocycles. The van der Waals surface area contributed by atoms with Gasteiger partial charge >= 0.3 is 0 Å². The van der Waals surface area contributed by atoms with E-state index in [-0.39, 0.29) is 28.7 Å². The number of hydrogen-bond acceptors (Lipinski definition) is 4. The zero-order chi connectivity index (χ0) is 14.4. The molecule has 8 heteroatoms. The zero-order valence-corrected chi connectivity index (χ0v) is 10.9. The molecule has 0 unspecified atom stereocenters. The lowest BCUT2D eigenvalue weighted by atomic mass is 10.1. The Balaban J connectivity index is 2.84. The van der Waals surface area contributed by atoms with Gasteiger partial charge in [0.15, 0.2) is 0 Å². The van der Waals surface area contributed by atoms with Gasteiger partial charge in [0.2, 0.25) is 5.91 Å². The maximum absolute atomic E-state index is 11.8. The summed E-state index contributed by atoms with van der Waals surface area (Å²) in [6.07, 6.45) is 0. The highest BCUT2D eigenvalue weighted by atomic mass is 35.5. The van der Waals surface area contributed by atoms with E-state index in [2.05, 4.69) is 10.6 Å². The first-order valence-corrected chi connectivity index (χ1v) is 5.82. The Hall–Kier alpha value is -2.15. The molecule has 0 bridgehead atoms. The highest BCUT2D eigenvalue weighted by Crippen LogP contribution is 2.22. The third-order valence-corrected chi connectivity index (χ3v) is 2.42. The number of nitrogens with zero attached hydrogens (tertiary/aromatic N) is 1. The molecule has 0 atom stereocenters. The number of halogens is 1. The topological polar surface area (TPSA) is 101 Å². The molecule has 2 N–H and O–H groups in total. The molecule has 0 aromatic heterocycles. The molecule has 7 nitrogen and oxygen atoms in total. The van der Waals surface area contributed by atoms with Crippen LogP contribution in [0, 0.1) is 10.1 Å². The molecular weight excluding hydrogens is 274 g/mol. The van der Waals surface area contributed by atoms with E-state index in [0.29, 0.717) is 6.54 Å². The molecule has 1 aromatic rings. The summed E-state index contributed by atoms with van der Waals surface area (Å²) in [6, 6.07) is 3.65. The van der Waals surface area contributed by atoms with Crippen molar-refractivity contribution in [2.75, 3.05) is 13.1 Å². The minimum Gasteiger partial charge on any atom is -0.355 e. The smallest absolute Gasteiger partial charge is 0.282 e. The largest absolute Gasteiger partial charge is 0.355 e. The van der Waals surface area contributed by atoms with Crippen molar-refractivity contribution < 1.29 is 14.5 Å². The number of hydrogen-bond donors (Lipinski definition) is 2. The van der Waals surface area contributed by atoms with Crippen LogP contribution in [0.1, 0.15) is 17.3 Å². The fourth-order valence-electron chi connectivity index (χ4n) is 1.36. The van der Waals surface area contributed by atoms with Crippen LogP contribution in [-0.4, -0.2) is 29.8 Å². The maximum Gasteiger partial charge on any atom is 0.282 e. The van der Waals surface area contributed by atoms with Gasteiger partial charge in [-0.05, 0) is 19.1 Å². The molecule has 0 spiro atoms. The van der Waals surface area contributed by atoms with Crippen LogP contribution < -0.4 is 10.6 Å². The first-order chi connectivity index (χ1) is 8.95. The van der Waals surface area contributed by atoms with E-state index in [1.54, 1.807) is 6.92 Å². The highest BCUT2D eigenvalue weighted by molar-refractivity contribution is 6.31. The summed E-state index contributed by atoms with van der Waals surface area (Å²) in [5.74, 6) is -1.10. The fourth-order valence-corrected chi connectivity index (χ4v) is 1.54. The second-order valence-electron chi connectivity index (χ2n) is 3.55. The Morgan fingerprint density at radius 3 is 2.63 bits per heavy atom. The van der Waals surface area contributed by atoms with E-state index in [1.807, 2.05) is 0 Å². The molecule has 0 saturated heterocycles. The highest BCUT2D eigenvalue weighted by Gasteiger charge is 2.20. The molecule has 102 valence electrons. The Morgan fingerprint density at radius 1 is 1.37 bits per heavy atom. The Labute approximate surface area is 114 Å². The van der Waals surface area contributed by atoms with E-state index in [4.69, 9.17) is 11.6 Å². The van der Waals surface area contributed by atoms with E-state index in [0.717, 1.165) is 6.07 Å². The van der Waals surface area contributed by atoms with Crippen LogP contribution in [0.15, 0.2) is 18.2 Å². The summed E-state index contributed by atoms with van der Waals surface area (Å²) in [4.78, 5) is 33.1. The van der Waals surface area contributed by atoms with Crippen molar-refractivity contribution in [1.29, 1.82) is 0 Å². The molecule has 2 amide bonds. The van der Waals surface area contributed by atoms with Crippen LogP contribution in [-0.2, 0) is 4.79 Å². The minimum absolute atomic E-state index is 0.179. The quantitative estimate of drug-likeness (QED) is 0.625.